The van der Waals surface area contributed by atoms with E-state index in [1.165, 1.54) is 12.3 Å². The standard InChI is InChI=1S/C34H38ClFN2O7/c1-43-25-11-20(12-25)22-10-23(17-44-24-8-6-19(7-9-24)34(41)42)38(16-22)32(39)14-21-13-28(35)30(15-29(21)36)37-33(40)27-18-45-31-5-3-2-4-26(27)31/h2-5,13,15,18-20,22-25H,6-12,14,16-17H2,1H3,(H,37,40)(H,41,42)/t19?,20?,22-,23-,24?,25?/m0/s1. The largest absolute Gasteiger partial charge is 0.481 e. The predicted octanol–water partition coefficient (Wildman–Crippen LogP) is 6.32. The summed E-state index contributed by atoms with van der Waals surface area (Å²) in [5, 5.41) is 12.7. The lowest BCUT2D eigenvalue weighted by molar-refractivity contribution is -0.144. The van der Waals surface area contributed by atoms with E-state index in [4.69, 9.17) is 25.5 Å². The number of furan rings is 1. The topological polar surface area (TPSA) is 118 Å². The lowest BCUT2D eigenvalue weighted by Gasteiger charge is -2.38. The van der Waals surface area contributed by atoms with Crippen molar-refractivity contribution in [2.45, 2.75) is 69.6 Å². The van der Waals surface area contributed by atoms with Gasteiger partial charge < -0.3 is 29.2 Å². The van der Waals surface area contributed by atoms with Crippen LogP contribution in [0.2, 0.25) is 5.02 Å². The minimum atomic E-state index is -0.756. The molecule has 240 valence electrons. The molecule has 3 aliphatic rings. The second-order valence-electron chi connectivity index (χ2n) is 12.6. The van der Waals surface area contributed by atoms with E-state index in [0.717, 1.165) is 25.3 Å². The van der Waals surface area contributed by atoms with Crippen molar-refractivity contribution in [1.82, 2.24) is 4.90 Å². The van der Waals surface area contributed by atoms with E-state index in [1.807, 2.05) is 4.90 Å². The molecule has 2 aliphatic carbocycles. The number of carbonyl (C=O) groups excluding carboxylic acids is 2. The molecule has 2 aromatic carbocycles. The Bertz CT molecular complexity index is 1560. The molecule has 45 heavy (non-hydrogen) atoms. The van der Waals surface area contributed by atoms with E-state index in [2.05, 4.69) is 5.32 Å². The van der Waals surface area contributed by atoms with Crippen molar-refractivity contribution in [1.29, 1.82) is 0 Å². The number of hydrogen-bond donors (Lipinski definition) is 2. The predicted molar refractivity (Wildman–Crippen MR) is 166 cm³/mol. The number of halogens is 2. The maximum Gasteiger partial charge on any atom is 0.306 e. The molecule has 3 aromatic rings. The molecule has 1 saturated heterocycles. The van der Waals surface area contributed by atoms with Gasteiger partial charge in [-0.05, 0) is 80.5 Å². The quantitative estimate of drug-likeness (QED) is 0.266. The van der Waals surface area contributed by atoms with Crippen molar-refractivity contribution < 1.29 is 37.8 Å². The molecule has 1 aliphatic heterocycles. The summed E-state index contributed by atoms with van der Waals surface area (Å²) in [6.45, 7) is 0.934. The first-order chi connectivity index (χ1) is 21.7. The van der Waals surface area contributed by atoms with Crippen LogP contribution >= 0.6 is 11.6 Å². The fourth-order valence-electron chi connectivity index (χ4n) is 7.09. The maximum atomic E-state index is 15.4. The van der Waals surface area contributed by atoms with Crippen molar-refractivity contribution in [3.05, 3.63) is 64.6 Å². The normalized spacial score (nSPS) is 26.5. The second-order valence-corrected chi connectivity index (χ2v) is 13.0. The zero-order valence-electron chi connectivity index (χ0n) is 25.2. The number of nitrogens with one attached hydrogen (secondary N) is 1. The van der Waals surface area contributed by atoms with Crippen LogP contribution in [0.15, 0.2) is 47.1 Å². The van der Waals surface area contributed by atoms with Crippen LogP contribution in [0.4, 0.5) is 10.1 Å². The monoisotopic (exact) mass is 640 g/mol. The number of anilines is 1. The van der Waals surface area contributed by atoms with Gasteiger partial charge in [0, 0.05) is 19.0 Å². The van der Waals surface area contributed by atoms with E-state index in [1.54, 1.807) is 31.4 Å². The van der Waals surface area contributed by atoms with Gasteiger partial charge in [-0.15, -0.1) is 0 Å². The Morgan fingerprint density at radius 3 is 2.56 bits per heavy atom. The summed E-state index contributed by atoms with van der Waals surface area (Å²) < 4.78 is 32.5. The number of ether oxygens (including phenoxy) is 2. The molecule has 2 heterocycles. The summed E-state index contributed by atoms with van der Waals surface area (Å²) in [6, 6.07) is 9.49. The Kier molecular flexibility index (Phi) is 9.44. The highest BCUT2D eigenvalue weighted by atomic mass is 35.5. The van der Waals surface area contributed by atoms with Gasteiger partial charge in [-0.3, -0.25) is 14.4 Å². The van der Waals surface area contributed by atoms with Gasteiger partial charge in [0.05, 0.1) is 53.5 Å². The summed E-state index contributed by atoms with van der Waals surface area (Å²) in [4.78, 5) is 39.8. The van der Waals surface area contributed by atoms with E-state index < -0.39 is 17.7 Å². The number of nitrogens with zero attached hydrogens (tertiary/aromatic N) is 1. The number of fused-ring (bicyclic) bond motifs is 1. The van der Waals surface area contributed by atoms with E-state index >= 15 is 4.39 Å². The zero-order valence-corrected chi connectivity index (χ0v) is 25.9. The van der Waals surface area contributed by atoms with Crippen molar-refractivity contribution in [2.75, 3.05) is 25.6 Å². The van der Waals surface area contributed by atoms with Gasteiger partial charge in [-0.1, -0.05) is 29.8 Å². The number of carboxylic acid groups (broad SMARTS) is 1. The van der Waals surface area contributed by atoms with Crippen molar-refractivity contribution >= 4 is 46.0 Å². The summed E-state index contributed by atoms with van der Waals surface area (Å²) in [5.41, 5.74) is 1.11. The van der Waals surface area contributed by atoms with Gasteiger partial charge in [0.1, 0.15) is 17.7 Å². The van der Waals surface area contributed by atoms with Crippen LogP contribution < -0.4 is 5.32 Å². The molecule has 0 spiro atoms. The highest BCUT2D eigenvalue weighted by Gasteiger charge is 2.44. The number of amides is 2. The lowest BCUT2D eigenvalue weighted by Crippen LogP contribution is -2.41. The first-order valence-corrected chi connectivity index (χ1v) is 16.0. The average Bonchev–Trinajstić information content (AvgIpc) is 3.63. The summed E-state index contributed by atoms with van der Waals surface area (Å²) >= 11 is 6.48. The van der Waals surface area contributed by atoms with Crippen LogP contribution in [0.1, 0.15) is 60.9 Å². The molecule has 0 radical (unpaired) electrons. The molecule has 6 rings (SSSR count). The summed E-state index contributed by atoms with van der Waals surface area (Å²) in [7, 11) is 1.72. The number of hydrogen-bond acceptors (Lipinski definition) is 6. The first-order valence-electron chi connectivity index (χ1n) is 15.6. The summed E-state index contributed by atoms with van der Waals surface area (Å²) in [6.07, 6.45) is 6.66. The number of benzene rings is 2. The molecular weight excluding hydrogens is 603 g/mol. The molecule has 2 amide bonds. The number of carboxylic acids is 1. The van der Waals surface area contributed by atoms with Gasteiger partial charge in [0.2, 0.25) is 5.91 Å². The van der Waals surface area contributed by atoms with E-state index in [9.17, 15) is 19.5 Å². The summed E-state index contributed by atoms with van der Waals surface area (Å²) in [5.74, 6) is -1.64. The van der Waals surface area contributed by atoms with Gasteiger partial charge in [0.25, 0.3) is 5.91 Å². The molecule has 0 unspecified atom stereocenters. The molecule has 11 heteroatoms. The van der Waals surface area contributed by atoms with Crippen LogP contribution in [-0.2, 0) is 25.5 Å². The average molecular weight is 641 g/mol. The number of carbonyl (C=O) groups is 3. The third kappa shape index (κ3) is 6.88. The Hall–Kier alpha value is -3.47. The van der Waals surface area contributed by atoms with Gasteiger partial charge in [-0.2, -0.15) is 0 Å². The van der Waals surface area contributed by atoms with Gasteiger partial charge >= 0.3 is 5.97 Å². The highest BCUT2D eigenvalue weighted by molar-refractivity contribution is 6.34. The number of para-hydroxylation sites is 1. The minimum Gasteiger partial charge on any atom is -0.481 e. The van der Waals surface area contributed by atoms with Crippen LogP contribution in [0.5, 0.6) is 0 Å². The van der Waals surface area contributed by atoms with Crippen LogP contribution in [0.25, 0.3) is 11.0 Å². The third-order valence-electron chi connectivity index (χ3n) is 9.90. The molecule has 2 saturated carbocycles. The SMILES string of the molecule is COC1CC([C@H]2C[C@@H](COC3CCC(C(=O)O)CC3)N(C(=O)Cc3cc(Cl)c(NC(=O)c4coc5ccccc45)cc3F)C2)C1. The molecule has 3 fully saturated rings. The number of rotatable bonds is 10. The Labute approximate surface area is 266 Å². The van der Waals surface area contributed by atoms with Gasteiger partial charge in [-0.25, -0.2) is 4.39 Å². The van der Waals surface area contributed by atoms with E-state index in [-0.39, 0.29) is 52.8 Å². The van der Waals surface area contributed by atoms with Crippen LogP contribution in [0.3, 0.4) is 0 Å². The fourth-order valence-corrected chi connectivity index (χ4v) is 7.33. The Morgan fingerprint density at radius 1 is 1.07 bits per heavy atom. The first kappa shape index (κ1) is 31.5. The molecule has 9 nitrogen and oxygen atoms in total. The zero-order chi connectivity index (χ0) is 31.7. The second kappa shape index (κ2) is 13.5. The van der Waals surface area contributed by atoms with E-state index in [0.29, 0.717) is 67.2 Å². The molecular formula is C34H38ClFN2O7. The maximum absolute atomic E-state index is 15.4. The lowest BCUT2D eigenvalue weighted by atomic mass is 9.73. The Balaban J connectivity index is 1.11. The smallest absolute Gasteiger partial charge is 0.306 e. The highest BCUT2D eigenvalue weighted by Crippen LogP contribution is 2.42. The van der Waals surface area contributed by atoms with Gasteiger partial charge in [0.15, 0.2) is 0 Å². The Morgan fingerprint density at radius 2 is 1.82 bits per heavy atom. The van der Waals surface area contributed by atoms with Crippen LogP contribution in [-0.4, -0.2) is 66.3 Å². The molecule has 2 atom stereocenters. The number of aliphatic carboxylic acids is 1. The van der Waals surface area contributed by atoms with Crippen molar-refractivity contribution in [3.63, 3.8) is 0 Å². The third-order valence-corrected chi connectivity index (χ3v) is 10.2. The minimum absolute atomic E-state index is 0.0304. The molecule has 1 aromatic heterocycles. The molecule has 2 N–H and O–H groups in total. The van der Waals surface area contributed by atoms with Crippen molar-refractivity contribution in [2.24, 2.45) is 17.8 Å². The van der Waals surface area contributed by atoms with Crippen molar-refractivity contribution in [3.8, 4) is 0 Å². The number of methoxy groups -OCH3 is 1. The number of likely N-dealkylation sites (tertiary alicyclic amines) is 1. The fraction of sp³-hybridized carbons (Fsp3) is 0.500. The molecule has 0 bridgehead atoms. The van der Waals surface area contributed by atoms with Crippen LogP contribution in [0, 0.1) is 23.6 Å².